The van der Waals surface area contributed by atoms with Crippen LogP contribution in [0.15, 0.2) is 24.3 Å². The SMILES string of the molecule is CC(C)C[C@@H]1NC(=O)[C@@H]2C[C@H](C(=O)NCCCCCCNC(=O)CS)[C@H](c3ccc(O)cc3)N2C1=O. The summed E-state index contributed by atoms with van der Waals surface area (Å²) in [5, 5.41) is 18.4. The lowest BCUT2D eigenvalue weighted by Crippen LogP contribution is -2.61. The number of carbonyl (C=O) groups excluding carboxylic acids is 4. The van der Waals surface area contributed by atoms with Crippen LogP contribution in [0.4, 0.5) is 0 Å². The second-order valence-electron chi connectivity index (χ2n) is 10.0. The van der Waals surface area contributed by atoms with E-state index in [1.807, 2.05) is 13.8 Å². The molecule has 2 saturated heterocycles. The molecule has 0 radical (unpaired) electrons. The molecule has 1 aromatic rings. The summed E-state index contributed by atoms with van der Waals surface area (Å²) in [6, 6.07) is 4.64. The fraction of sp³-hybridized carbons (Fsp3) is 0.615. The van der Waals surface area contributed by atoms with Gasteiger partial charge in [0.1, 0.15) is 17.8 Å². The summed E-state index contributed by atoms with van der Waals surface area (Å²) in [4.78, 5) is 52.5. The number of phenols is 1. The Hall–Kier alpha value is -2.75. The van der Waals surface area contributed by atoms with E-state index in [1.54, 1.807) is 17.0 Å². The quantitative estimate of drug-likeness (QED) is 0.213. The first-order valence-electron chi connectivity index (χ1n) is 12.8. The second-order valence-corrected chi connectivity index (χ2v) is 10.4. The van der Waals surface area contributed by atoms with E-state index in [0.717, 1.165) is 31.2 Å². The van der Waals surface area contributed by atoms with Gasteiger partial charge in [-0.1, -0.05) is 38.8 Å². The molecular weight excluding hydrogens is 480 g/mol. The van der Waals surface area contributed by atoms with Crippen LogP contribution in [0.2, 0.25) is 0 Å². The lowest BCUT2D eigenvalue weighted by Gasteiger charge is -2.39. The molecule has 9 nitrogen and oxygen atoms in total. The van der Waals surface area contributed by atoms with Gasteiger partial charge in [0.05, 0.1) is 17.7 Å². The fourth-order valence-corrected chi connectivity index (χ4v) is 5.19. The smallest absolute Gasteiger partial charge is 0.246 e. The van der Waals surface area contributed by atoms with Gasteiger partial charge in [0.25, 0.3) is 0 Å². The van der Waals surface area contributed by atoms with Crippen molar-refractivity contribution in [3.05, 3.63) is 29.8 Å². The van der Waals surface area contributed by atoms with Gasteiger partial charge in [-0.25, -0.2) is 0 Å². The van der Waals surface area contributed by atoms with E-state index in [9.17, 15) is 24.3 Å². The Bertz CT molecular complexity index is 939. The molecule has 10 heteroatoms. The van der Waals surface area contributed by atoms with Crippen LogP contribution in [-0.2, 0) is 19.2 Å². The summed E-state index contributed by atoms with van der Waals surface area (Å²) in [6.45, 7) is 5.12. The fourth-order valence-electron chi connectivity index (χ4n) is 5.08. The highest BCUT2D eigenvalue weighted by atomic mass is 32.1. The number of amides is 4. The molecule has 2 aliphatic heterocycles. The number of benzene rings is 1. The van der Waals surface area contributed by atoms with Crippen molar-refractivity contribution in [1.82, 2.24) is 20.9 Å². The van der Waals surface area contributed by atoms with Crippen LogP contribution in [0.3, 0.4) is 0 Å². The molecule has 2 aliphatic rings. The van der Waals surface area contributed by atoms with Crippen LogP contribution in [0.25, 0.3) is 0 Å². The first kappa shape index (κ1) is 27.8. The second kappa shape index (κ2) is 13.0. The van der Waals surface area contributed by atoms with Gasteiger partial charge in [-0.05, 0) is 49.3 Å². The molecule has 4 amide bonds. The summed E-state index contributed by atoms with van der Waals surface area (Å²) in [5.74, 6) is -0.695. The van der Waals surface area contributed by atoms with Crippen molar-refractivity contribution in [2.45, 2.75) is 70.5 Å². The molecule has 2 heterocycles. The zero-order valence-electron chi connectivity index (χ0n) is 21.0. The van der Waals surface area contributed by atoms with E-state index in [-0.39, 0.29) is 47.5 Å². The van der Waals surface area contributed by atoms with Crippen LogP contribution in [0, 0.1) is 11.8 Å². The number of thiol groups is 1. The Morgan fingerprint density at radius 1 is 1.08 bits per heavy atom. The van der Waals surface area contributed by atoms with Crippen LogP contribution in [-0.4, -0.2) is 64.6 Å². The first-order chi connectivity index (χ1) is 17.2. The predicted molar refractivity (Wildman–Crippen MR) is 139 cm³/mol. The molecule has 0 aromatic heterocycles. The van der Waals surface area contributed by atoms with Crippen molar-refractivity contribution in [2.24, 2.45) is 11.8 Å². The number of nitrogens with zero attached hydrogens (tertiary/aromatic N) is 1. The Balaban J connectivity index is 1.64. The molecule has 198 valence electrons. The number of nitrogens with one attached hydrogen (secondary N) is 3. The maximum atomic E-state index is 13.5. The van der Waals surface area contributed by atoms with Gasteiger partial charge in [0.15, 0.2) is 0 Å². The minimum absolute atomic E-state index is 0.0793. The van der Waals surface area contributed by atoms with E-state index < -0.39 is 24.0 Å². The van der Waals surface area contributed by atoms with Crippen LogP contribution < -0.4 is 16.0 Å². The number of rotatable bonds is 12. The highest BCUT2D eigenvalue weighted by molar-refractivity contribution is 7.81. The Labute approximate surface area is 218 Å². The van der Waals surface area contributed by atoms with Crippen LogP contribution in [0.1, 0.15) is 64.0 Å². The molecule has 0 aliphatic carbocycles. The van der Waals surface area contributed by atoms with E-state index in [1.165, 1.54) is 12.1 Å². The topological polar surface area (TPSA) is 128 Å². The monoisotopic (exact) mass is 518 g/mol. The van der Waals surface area contributed by atoms with Crippen molar-refractivity contribution < 1.29 is 24.3 Å². The maximum absolute atomic E-state index is 13.5. The van der Waals surface area contributed by atoms with Crippen molar-refractivity contribution in [1.29, 1.82) is 0 Å². The predicted octanol–water partition coefficient (Wildman–Crippen LogP) is 1.92. The molecule has 36 heavy (non-hydrogen) atoms. The number of unbranched alkanes of at least 4 members (excludes halogenated alkanes) is 3. The van der Waals surface area contributed by atoms with Gasteiger partial charge < -0.3 is 26.0 Å². The number of phenolic OH excluding ortho intramolecular Hbond substituents is 1. The molecule has 1 aromatic carbocycles. The molecule has 0 bridgehead atoms. The zero-order chi connectivity index (χ0) is 26.2. The molecule has 3 rings (SSSR count). The van der Waals surface area contributed by atoms with Crippen LogP contribution >= 0.6 is 12.6 Å². The average Bonchev–Trinajstić information content (AvgIpc) is 3.25. The van der Waals surface area contributed by atoms with Crippen molar-refractivity contribution in [3.8, 4) is 5.75 Å². The van der Waals surface area contributed by atoms with Gasteiger partial charge >= 0.3 is 0 Å². The summed E-state index contributed by atoms with van der Waals surface area (Å²) < 4.78 is 0. The molecule has 0 saturated carbocycles. The summed E-state index contributed by atoms with van der Waals surface area (Å²) >= 11 is 3.92. The number of hydrogen-bond donors (Lipinski definition) is 5. The summed E-state index contributed by atoms with van der Waals surface area (Å²) in [5.41, 5.74) is 0.727. The van der Waals surface area contributed by atoms with Gasteiger partial charge in [-0.15, -0.1) is 0 Å². The van der Waals surface area contributed by atoms with Crippen molar-refractivity contribution >= 4 is 36.3 Å². The summed E-state index contributed by atoms with van der Waals surface area (Å²) in [6.07, 6.45) is 4.30. The lowest BCUT2D eigenvalue weighted by molar-refractivity contribution is -0.150. The third-order valence-electron chi connectivity index (χ3n) is 6.81. The third kappa shape index (κ3) is 6.93. The highest BCUT2D eigenvalue weighted by Crippen LogP contribution is 2.43. The number of fused-ring (bicyclic) bond motifs is 1. The van der Waals surface area contributed by atoms with Crippen molar-refractivity contribution in [3.63, 3.8) is 0 Å². The zero-order valence-corrected chi connectivity index (χ0v) is 21.9. The average molecular weight is 519 g/mol. The summed E-state index contributed by atoms with van der Waals surface area (Å²) in [7, 11) is 0. The number of piperazine rings is 1. The normalized spacial score (nSPS) is 23.4. The Kier molecular flexibility index (Phi) is 10.0. The number of hydrogen-bond acceptors (Lipinski definition) is 6. The van der Waals surface area contributed by atoms with Gasteiger partial charge in [0, 0.05) is 13.1 Å². The van der Waals surface area contributed by atoms with E-state index in [2.05, 4.69) is 28.6 Å². The molecule has 4 atom stereocenters. The van der Waals surface area contributed by atoms with Crippen LogP contribution in [0.5, 0.6) is 5.75 Å². The van der Waals surface area contributed by atoms with Gasteiger partial charge in [-0.2, -0.15) is 12.6 Å². The van der Waals surface area contributed by atoms with E-state index in [0.29, 0.717) is 19.5 Å². The number of aromatic hydroxyl groups is 1. The molecular formula is C26H38N4O5S. The standard InChI is InChI=1S/C26H38N4O5S/c1-16(2)13-20-26(35)30-21(25(34)29-20)14-19(23(30)17-7-9-18(31)10-8-17)24(33)28-12-6-4-3-5-11-27-22(32)15-36/h7-10,16,19-21,23,31,36H,3-6,11-15H2,1-2H3,(H,27,32)(H,28,33)(H,29,34)/t19-,20-,21-,23-/m0/s1. The maximum Gasteiger partial charge on any atom is 0.246 e. The Morgan fingerprint density at radius 3 is 2.33 bits per heavy atom. The van der Waals surface area contributed by atoms with Gasteiger partial charge in [0.2, 0.25) is 23.6 Å². The minimum atomic E-state index is -0.692. The molecule has 2 fully saturated rings. The van der Waals surface area contributed by atoms with E-state index >= 15 is 0 Å². The van der Waals surface area contributed by atoms with Crippen molar-refractivity contribution in [2.75, 3.05) is 18.8 Å². The molecule has 4 N–H and O–H groups in total. The minimum Gasteiger partial charge on any atom is -0.508 e. The lowest BCUT2D eigenvalue weighted by atomic mass is 9.92. The largest absolute Gasteiger partial charge is 0.508 e. The highest BCUT2D eigenvalue weighted by Gasteiger charge is 2.54. The van der Waals surface area contributed by atoms with Gasteiger partial charge in [-0.3, -0.25) is 19.2 Å². The Morgan fingerprint density at radius 2 is 1.72 bits per heavy atom. The third-order valence-corrected chi connectivity index (χ3v) is 7.10. The molecule has 0 unspecified atom stereocenters. The first-order valence-corrected chi connectivity index (χ1v) is 13.4. The molecule has 0 spiro atoms. The number of carbonyl (C=O) groups is 4. The van der Waals surface area contributed by atoms with E-state index in [4.69, 9.17) is 0 Å².